The van der Waals surface area contributed by atoms with Crippen molar-refractivity contribution in [3.8, 4) is 0 Å². The topological polar surface area (TPSA) is 61.5 Å². The summed E-state index contributed by atoms with van der Waals surface area (Å²) in [5.41, 5.74) is 4.86. The van der Waals surface area contributed by atoms with Gasteiger partial charge in [-0.1, -0.05) is 33.1 Å². The third-order valence-electron chi connectivity index (χ3n) is 2.41. The van der Waals surface area contributed by atoms with Gasteiger partial charge >= 0.3 is 6.09 Å². The molecule has 104 valence electrons. The number of rotatable bonds is 8. The maximum Gasteiger partial charge on any atom is 0.404 e. The average Bonchev–Trinajstić information content (AvgIpc) is 2.31. The summed E-state index contributed by atoms with van der Waals surface area (Å²) in [6.07, 6.45) is 3.89. The van der Waals surface area contributed by atoms with E-state index in [0.717, 1.165) is 26.1 Å². The standard InChI is InChI=1S/C9H19NO2.C4H10O/c1-3-5-6-8(4-2)7-12-9(10)11;1-3-5-4-2/h8H,3-7H2,1-2H3,(H2,10,11);3-4H2,1-2H3. The second-order valence-corrected chi connectivity index (χ2v) is 3.83. The number of amides is 1. The van der Waals surface area contributed by atoms with Gasteiger partial charge in [-0.05, 0) is 26.2 Å². The molecule has 4 nitrogen and oxygen atoms in total. The summed E-state index contributed by atoms with van der Waals surface area (Å²) in [7, 11) is 0. The number of unbranched alkanes of at least 4 members (excludes halogenated alkanes) is 1. The molecule has 0 bridgehead atoms. The molecule has 0 aromatic heterocycles. The number of carbonyl (C=O) groups excluding carboxylic acids is 1. The summed E-state index contributed by atoms with van der Waals surface area (Å²) < 4.78 is 9.56. The molecule has 0 aliphatic rings. The summed E-state index contributed by atoms with van der Waals surface area (Å²) in [5.74, 6) is 0.484. The van der Waals surface area contributed by atoms with Crippen LogP contribution in [0.25, 0.3) is 0 Å². The van der Waals surface area contributed by atoms with Crippen LogP contribution in [0.4, 0.5) is 4.79 Å². The number of hydrogen-bond donors (Lipinski definition) is 1. The molecule has 4 heteroatoms. The summed E-state index contributed by atoms with van der Waals surface area (Å²) in [5, 5.41) is 0. The molecule has 0 saturated carbocycles. The maximum atomic E-state index is 10.3. The lowest BCUT2D eigenvalue weighted by Gasteiger charge is -2.12. The lowest BCUT2D eigenvalue weighted by Crippen LogP contribution is -2.18. The summed E-state index contributed by atoms with van der Waals surface area (Å²) in [6.45, 7) is 10.4. The van der Waals surface area contributed by atoms with Crippen molar-refractivity contribution >= 4 is 6.09 Å². The highest BCUT2D eigenvalue weighted by atomic mass is 16.5. The molecule has 1 unspecified atom stereocenters. The first-order valence-electron chi connectivity index (χ1n) is 6.62. The van der Waals surface area contributed by atoms with E-state index >= 15 is 0 Å². The quantitative estimate of drug-likeness (QED) is 0.715. The molecule has 0 heterocycles. The van der Waals surface area contributed by atoms with Crippen LogP contribution < -0.4 is 5.73 Å². The number of carbonyl (C=O) groups is 1. The van der Waals surface area contributed by atoms with Crippen molar-refractivity contribution < 1.29 is 14.3 Å². The fourth-order valence-corrected chi connectivity index (χ4v) is 1.30. The van der Waals surface area contributed by atoms with E-state index in [-0.39, 0.29) is 0 Å². The largest absolute Gasteiger partial charge is 0.449 e. The van der Waals surface area contributed by atoms with E-state index in [2.05, 4.69) is 13.8 Å². The lowest BCUT2D eigenvalue weighted by molar-refractivity contribution is 0.132. The third-order valence-corrected chi connectivity index (χ3v) is 2.41. The lowest BCUT2D eigenvalue weighted by atomic mass is 10.0. The molecular formula is C13H29NO3. The molecular weight excluding hydrogens is 218 g/mol. The van der Waals surface area contributed by atoms with Crippen LogP contribution in [-0.2, 0) is 9.47 Å². The van der Waals surface area contributed by atoms with Crippen LogP contribution in [0.15, 0.2) is 0 Å². The molecule has 1 amide bonds. The minimum Gasteiger partial charge on any atom is -0.449 e. The monoisotopic (exact) mass is 247 g/mol. The van der Waals surface area contributed by atoms with Gasteiger partial charge in [0.2, 0.25) is 0 Å². The normalized spacial score (nSPS) is 11.3. The molecule has 0 rings (SSSR count). The van der Waals surface area contributed by atoms with Crippen LogP contribution in [0.3, 0.4) is 0 Å². The fraction of sp³-hybridized carbons (Fsp3) is 0.923. The van der Waals surface area contributed by atoms with Gasteiger partial charge < -0.3 is 15.2 Å². The highest BCUT2D eigenvalue weighted by Crippen LogP contribution is 2.12. The molecule has 0 aliphatic carbocycles. The Kier molecular flexibility index (Phi) is 16.7. The minimum atomic E-state index is -0.662. The van der Waals surface area contributed by atoms with Gasteiger partial charge in [0.1, 0.15) is 0 Å². The fourth-order valence-electron chi connectivity index (χ4n) is 1.30. The molecule has 0 radical (unpaired) electrons. The van der Waals surface area contributed by atoms with Gasteiger partial charge in [-0.2, -0.15) is 0 Å². The zero-order chi connectivity index (χ0) is 13.5. The Labute approximate surface area is 106 Å². The molecule has 1 atom stereocenters. The second-order valence-electron chi connectivity index (χ2n) is 3.83. The second kappa shape index (κ2) is 15.2. The summed E-state index contributed by atoms with van der Waals surface area (Å²) in [6, 6.07) is 0. The SMILES string of the molecule is CCCCC(CC)COC(N)=O.CCOCC. The van der Waals surface area contributed by atoms with Gasteiger partial charge in [0.25, 0.3) is 0 Å². The van der Waals surface area contributed by atoms with Crippen molar-refractivity contribution in [2.75, 3.05) is 19.8 Å². The van der Waals surface area contributed by atoms with Crippen LogP contribution in [0, 0.1) is 5.92 Å². The molecule has 17 heavy (non-hydrogen) atoms. The predicted molar refractivity (Wildman–Crippen MR) is 71.0 cm³/mol. The zero-order valence-corrected chi connectivity index (χ0v) is 11.8. The number of hydrogen-bond acceptors (Lipinski definition) is 3. The first-order valence-corrected chi connectivity index (χ1v) is 6.62. The van der Waals surface area contributed by atoms with Gasteiger partial charge in [0, 0.05) is 13.2 Å². The zero-order valence-electron chi connectivity index (χ0n) is 11.8. The van der Waals surface area contributed by atoms with Crippen molar-refractivity contribution in [1.29, 1.82) is 0 Å². The Morgan fingerprint density at radius 2 is 1.76 bits per heavy atom. The molecule has 0 aliphatic heterocycles. The minimum absolute atomic E-state index is 0.478. The van der Waals surface area contributed by atoms with Crippen molar-refractivity contribution in [1.82, 2.24) is 0 Å². The van der Waals surface area contributed by atoms with Crippen molar-refractivity contribution in [3.05, 3.63) is 0 Å². The Balaban J connectivity index is 0. The molecule has 0 aromatic rings. The molecule has 0 fully saturated rings. The molecule has 0 saturated heterocycles. The number of primary amides is 1. The highest BCUT2D eigenvalue weighted by molar-refractivity contribution is 5.64. The molecule has 2 N–H and O–H groups in total. The van der Waals surface area contributed by atoms with E-state index in [0.29, 0.717) is 12.5 Å². The summed E-state index contributed by atoms with van der Waals surface area (Å²) in [4.78, 5) is 10.3. The van der Waals surface area contributed by atoms with Crippen LogP contribution >= 0.6 is 0 Å². The van der Waals surface area contributed by atoms with Gasteiger partial charge in [-0.3, -0.25) is 0 Å². The average molecular weight is 247 g/mol. The van der Waals surface area contributed by atoms with Gasteiger partial charge in [-0.25, -0.2) is 4.79 Å². The van der Waals surface area contributed by atoms with Crippen LogP contribution in [-0.4, -0.2) is 25.9 Å². The van der Waals surface area contributed by atoms with E-state index in [1.807, 2.05) is 13.8 Å². The van der Waals surface area contributed by atoms with E-state index in [4.69, 9.17) is 15.2 Å². The first-order chi connectivity index (χ1) is 8.12. The molecule has 0 spiro atoms. The van der Waals surface area contributed by atoms with E-state index in [1.54, 1.807) is 0 Å². The van der Waals surface area contributed by atoms with Crippen LogP contribution in [0.5, 0.6) is 0 Å². The van der Waals surface area contributed by atoms with Crippen molar-refractivity contribution in [3.63, 3.8) is 0 Å². The van der Waals surface area contributed by atoms with Gasteiger partial charge in [-0.15, -0.1) is 0 Å². The summed E-state index contributed by atoms with van der Waals surface area (Å²) >= 11 is 0. The van der Waals surface area contributed by atoms with Crippen LogP contribution in [0.1, 0.15) is 53.4 Å². The Hall–Kier alpha value is -0.770. The Morgan fingerprint density at radius 3 is 2.06 bits per heavy atom. The Morgan fingerprint density at radius 1 is 1.18 bits per heavy atom. The molecule has 0 aromatic carbocycles. The smallest absolute Gasteiger partial charge is 0.404 e. The van der Waals surface area contributed by atoms with Crippen molar-refractivity contribution in [2.24, 2.45) is 11.7 Å². The highest BCUT2D eigenvalue weighted by Gasteiger charge is 2.07. The van der Waals surface area contributed by atoms with Crippen molar-refractivity contribution in [2.45, 2.75) is 53.4 Å². The van der Waals surface area contributed by atoms with Gasteiger partial charge in [0.15, 0.2) is 0 Å². The van der Waals surface area contributed by atoms with E-state index < -0.39 is 6.09 Å². The van der Waals surface area contributed by atoms with E-state index in [9.17, 15) is 4.79 Å². The Bertz CT molecular complexity index is 161. The van der Waals surface area contributed by atoms with E-state index in [1.165, 1.54) is 12.8 Å². The van der Waals surface area contributed by atoms with Crippen LogP contribution in [0.2, 0.25) is 0 Å². The predicted octanol–water partition coefficient (Wildman–Crippen LogP) is 3.34. The van der Waals surface area contributed by atoms with Gasteiger partial charge in [0.05, 0.1) is 6.61 Å². The number of nitrogens with two attached hydrogens (primary N) is 1. The maximum absolute atomic E-state index is 10.3. The first kappa shape index (κ1) is 18.6. The number of ether oxygens (including phenoxy) is 2. The third kappa shape index (κ3) is 17.8.